The van der Waals surface area contributed by atoms with Crippen LogP contribution in [-0.2, 0) is 52.3 Å². The van der Waals surface area contributed by atoms with E-state index in [0.717, 1.165) is 41.1 Å². The van der Waals surface area contributed by atoms with Crippen LogP contribution in [0.2, 0.25) is 0 Å². The molecule has 1 aliphatic rings. The number of oxime groups is 1. The van der Waals surface area contributed by atoms with E-state index in [1.165, 1.54) is 19.2 Å². The summed E-state index contributed by atoms with van der Waals surface area (Å²) in [6.45, 7) is 5.59. The van der Waals surface area contributed by atoms with Gasteiger partial charge >= 0.3 is 22.5 Å². The number of carboxylic acid groups (broad SMARTS) is 2. The summed E-state index contributed by atoms with van der Waals surface area (Å²) in [7, 11) is -3.07. The van der Waals surface area contributed by atoms with Crippen molar-refractivity contribution in [2.24, 2.45) is 17.9 Å². The number of hydrogen-bond donors (Lipinski definition) is 5. The molecule has 296 valence electrons. The van der Waals surface area contributed by atoms with Crippen molar-refractivity contribution in [3.05, 3.63) is 47.1 Å². The molecule has 20 nitrogen and oxygen atoms in total. The normalized spacial score (nSPS) is 16.1. The molecule has 2 amide bonds. The number of carboxylic acids is 2. The van der Waals surface area contributed by atoms with Crippen molar-refractivity contribution in [1.82, 2.24) is 20.0 Å². The highest BCUT2D eigenvalue weighted by atomic mass is 32.3. The molecule has 0 radical (unpaired) electrons. The van der Waals surface area contributed by atoms with Gasteiger partial charge in [-0.25, -0.2) is 9.78 Å². The number of aliphatic carboxylic acids is 2. The summed E-state index contributed by atoms with van der Waals surface area (Å²) in [4.78, 5) is 55.7. The first-order chi connectivity index (χ1) is 25.0. The minimum absolute atomic E-state index is 0.0609. The Morgan fingerprint density at radius 2 is 1.85 bits per heavy atom. The molecule has 3 aromatic rings. The number of nitrogens with one attached hydrogen (secondary N) is 1. The fourth-order valence-electron chi connectivity index (χ4n) is 4.80. The minimum atomic E-state index is -5.19. The van der Waals surface area contributed by atoms with E-state index in [4.69, 9.17) is 35.5 Å². The number of benzene rings is 1. The number of ether oxygens (including phenoxy) is 1. The van der Waals surface area contributed by atoms with Gasteiger partial charge in [-0.15, -0.1) is 20.3 Å². The molecule has 0 spiro atoms. The number of β-lactam (4-membered cyclic amide) rings is 1. The number of aromatic nitrogens is 3. The highest BCUT2D eigenvalue weighted by Gasteiger charge is 2.58. The third kappa shape index (κ3) is 10.8. The van der Waals surface area contributed by atoms with E-state index in [1.54, 1.807) is 12.1 Å². The first-order valence-corrected chi connectivity index (χ1v) is 17.5. The molecule has 25 heteroatoms. The Bertz CT molecular complexity index is 2000. The Morgan fingerprint density at radius 1 is 1.24 bits per heavy atom. The van der Waals surface area contributed by atoms with Gasteiger partial charge in [0.25, 0.3) is 17.9 Å². The number of carbonyl (C=O) groups excluding carboxylic acids is 3. The zero-order chi connectivity index (χ0) is 40.8. The Morgan fingerprint density at radius 3 is 2.33 bits per heavy atom. The molecule has 54 heavy (non-hydrogen) atoms. The van der Waals surface area contributed by atoms with Crippen LogP contribution in [0.3, 0.4) is 0 Å². The van der Waals surface area contributed by atoms with Crippen molar-refractivity contribution < 1.29 is 74.1 Å². The van der Waals surface area contributed by atoms with Crippen LogP contribution in [0.15, 0.2) is 41.0 Å². The minimum Gasteiger partial charge on any atom is -0.542 e. The third-order valence-electron chi connectivity index (χ3n) is 7.42. The number of alkyl halides is 3. The molecule has 3 heterocycles. The number of anilines is 1. The van der Waals surface area contributed by atoms with Crippen LogP contribution in [0.25, 0.3) is 11.3 Å². The average Bonchev–Trinajstić information content (AvgIpc) is 3.63. The SMILES string of the molecule is Cc1cn(CCCN)[n+](C)c1-c1ccc(OC[C@H](O/N=C(\C(=O)N[C@@H]2C(=O)N(OS(=O)(=O)O)C2(C)C)c2csc(N)n2)C(=O)O)cc1.O=C([O-])C(F)(F)F. The molecule has 2 aromatic heterocycles. The van der Waals surface area contributed by atoms with E-state index >= 15 is 0 Å². The maximum atomic E-state index is 13.2. The fraction of sp³-hybridized carbons (Fsp3) is 0.414. The predicted molar refractivity (Wildman–Crippen MR) is 177 cm³/mol. The van der Waals surface area contributed by atoms with Crippen molar-refractivity contribution in [3.63, 3.8) is 0 Å². The fourth-order valence-corrected chi connectivity index (χ4v) is 5.80. The molecular formula is C29H35F3N8O12S2. The summed E-state index contributed by atoms with van der Waals surface area (Å²) in [5.74, 6) is -6.11. The second kappa shape index (κ2) is 17.2. The summed E-state index contributed by atoms with van der Waals surface area (Å²) in [6.07, 6.45) is -4.00. The number of hydroxylamine groups is 2. The molecule has 4 rings (SSSR count). The van der Waals surface area contributed by atoms with Crippen LogP contribution in [0.5, 0.6) is 5.75 Å². The second-order valence-electron chi connectivity index (χ2n) is 11.7. The quantitative estimate of drug-likeness (QED) is 0.0407. The number of thiazole rings is 1. The van der Waals surface area contributed by atoms with Gasteiger partial charge in [0, 0.05) is 16.5 Å². The summed E-state index contributed by atoms with van der Waals surface area (Å²) >= 11 is 0.961. The lowest BCUT2D eigenvalue weighted by molar-refractivity contribution is -0.743. The standard InChI is InChI=1S/C27H34N8O10S2.C2HF3O2/c1-15-12-34(11-5-10-28)33(4)21(15)16-6-8-17(9-7-16)43-13-19(25(38)39)44-32-20(18-14-46-26(29)30-18)23(36)31-22-24(37)35(27(22,2)3)45-47(40,41)42;3-2(4,5)1(6)7/h6-9,12,14,19,22H,5,10-11,13,28H2,1-4H3,(H4-,29,30,31,36,38,39,40,41,42);(H,6,7)/b32-20-;/t19-,22+;/m0./s1. The van der Waals surface area contributed by atoms with Crippen molar-refractivity contribution in [1.29, 1.82) is 0 Å². The van der Waals surface area contributed by atoms with Gasteiger partial charge in [-0.1, -0.05) is 5.16 Å². The van der Waals surface area contributed by atoms with Gasteiger partial charge in [-0.3, -0.25) is 14.1 Å². The Labute approximate surface area is 308 Å². The van der Waals surface area contributed by atoms with Gasteiger partial charge in [-0.05, 0) is 58.0 Å². The van der Waals surface area contributed by atoms with E-state index in [1.807, 2.05) is 37.0 Å². The summed E-state index contributed by atoms with van der Waals surface area (Å²) in [5, 5.41) is 26.4. The van der Waals surface area contributed by atoms with Crippen LogP contribution in [-0.4, -0.2) is 99.3 Å². The Balaban J connectivity index is 0.00000102. The summed E-state index contributed by atoms with van der Waals surface area (Å²) in [5.41, 5.74) is 12.3. The van der Waals surface area contributed by atoms with Crippen molar-refractivity contribution in [3.8, 4) is 17.0 Å². The predicted octanol–water partition coefficient (Wildman–Crippen LogP) is -0.933. The monoisotopic (exact) mass is 808 g/mol. The van der Waals surface area contributed by atoms with E-state index in [0.29, 0.717) is 17.4 Å². The molecule has 0 unspecified atom stereocenters. The lowest BCUT2D eigenvalue weighted by Crippen LogP contribution is -2.76. The molecule has 1 aromatic carbocycles. The number of halogens is 3. The molecule has 7 N–H and O–H groups in total. The molecular weight excluding hydrogens is 773 g/mol. The van der Waals surface area contributed by atoms with E-state index < -0.39 is 70.3 Å². The second-order valence-corrected chi connectivity index (χ2v) is 13.6. The Kier molecular flexibility index (Phi) is 13.7. The molecule has 1 saturated heterocycles. The smallest absolute Gasteiger partial charge is 0.430 e. The van der Waals surface area contributed by atoms with Crippen molar-refractivity contribution in [2.45, 2.75) is 57.6 Å². The molecule has 0 aliphatic carbocycles. The first-order valence-electron chi connectivity index (χ1n) is 15.2. The number of nitrogens with two attached hydrogens (primary N) is 2. The Hall–Kier alpha value is -5.37. The number of nitrogen functional groups attached to an aromatic ring is 1. The largest absolute Gasteiger partial charge is 0.542 e. The third-order valence-corrected chi connectivity index (χ3v) is 8.44. The lowest BCUT2D eigenvalue weighted by atomic mass is 9.84. The van der Waals surface area contributed by atoms with Gasteiger partial charge in [-0.2, -0.15) is 31.3 Å². The van der Waals surface area contributed by atoms with E-state index in [9.17, 15) is 41.1 Å². The van der Waals surface area contributed by atoms with Crippen molar-refractivity contribution in [2.75, 3.05) is 18.9 Å². The number of hydrogen-bond acceptors (Lipinski definition) is 15. The van der Waals surface area contributed by atoms with Crippen LogP contribution < -0.4 is 31.3 Å². The maximum absolute atomic E-state index is 13.2. The van der Waals surface area contributed by atoms with Gasteiger partial charge in [0.1, 0.15) is 30.1 Å². The summed E-state index contributed by atoms with van der Waals surface area (Å²) < 4.78 is 76.7. The molecule has 2 atom stereocenters. The van der Waals surface area contributed by atoms with E-state index in [-0.39, 0.29) is 10.8 Å². The van der Waals surface area contributed by atoms with Gasteiger partial charge in [0.15, 0.2) is 17.9 Å². The highest BCUT2D eigenvalue weighted by molar-refractivity contribution is 7.80. The van der Waals surface area contributed by atoms with Crippen LogP contribution >= 0.6 is 11.3 Å². The van der Waals surface area contributed by atoms with Crippen LogP contribution in [0.1, 0.15) is 31.5 Å². The van der Waals surface area contributed by atoms with Gasteiger partial charge in [0.05, 0.1) is 18.3 Å². The maximum Gasteiger partial charge on any atom is 0.430 e. The zero-order valence-electron chi connectivity index (χ0n) is 28.8. The molecule has 1 fully saturated rings. The lowest BCUT2D eigenvalue weighted by Gasteiger charge is -2.50. The number of amides is 2. The first kappa shape index (κ1) is 43.0. The van der Waals surface area contributed by atoms with Gasteiger partial charge < -0.3 is 41.4 Å². The van der Waals surface area contributed by atoms with Crippen molar-refractivity contribution >= 4 is 56.3 Å². The summed E-state index contributed by atoms with van der Waals surface area (Å²) in [6, 6.07) is 5.70. The van der Waals surface area contributed by atoms with Crippen LogP contribution in [0, 0.1) is 6.92 Å². The number of aryl methyl sites for hydroxylation is 2. The number of rotatable bonds is 15. The number of nitrogens with zero attached hydrogens (tertiary/aromatic N) is 5. The molecule has 0 bridgehead atoms. The highest BCUT2D eigenvalue weighted by Crippen LogP contribution is 2.33. The number of carbonyl (C=O) groups is 4. The van der Waals surface area contributed by atoms with E-state index in [2.05, 4.69) is 24.4 Å². The van der Waals surface area contributed by atoms with Gasteiger partial charge in [0.2, 0.25) is 5.69 Å². The average molecular weight is 809 g/mol. The molecule has 1 aliphatic heterocycles. The van der Waals surface area contributed by atoms with Crippen LogP contribution in [0.4, 0.5) is 18.3 Å². The zero-order valence-corrected chi connectivity index (χ0v) is 30.4. The molecule has 0 saturated carbocycles. The topological polar surface area (TPSA) is 295 Å².